The molecule has 3 N–H and O–H groups in total. The van der Waals surface area contributed by atoms with Crippen molar-refractivity contribution in [3.8, 4) is 0 Å². The van der Waals surface area contributed by atoms with Gasteiger partial charge in [-0.25, -0.2) is 4.98 Å². The van der Waals surface area contributed by atoms with Crippen LogP contribution in [0.1, 0.15) is 18.8 Å². The molecule has 0 spiro atoms. The fourth-order valence-electron chi connectivity index (χ4n) is 1.23. The van der Waals surface area contributed by atoms with Gasteiger partial charge in [-0.1, -0.05) is 5.16 Å². The molecule has 1 aromatic heterocycles. The van der Waals surface area contributed by atoms with Crippen molar-refractivity contribution in [2.45, 2.75) is 13.0 Å². The van der Waals surface area contributed by atoms with Crippen molar-refractivity contribution in [1.29, 1.82) is 0 Å². The Morgan fingerprint density at radius 1 is 1.86 bits per heavy atom. The average Bonchev–Trinajstić information content (AvgIpc) is 2.65. The Bertz CT molecular complexity index is 321. The number of hydrogen-bond acceptors (Lipinski definition) is 4. The van der Waals surface area contributed by atoms with Crippen LogP contribution < -0.4 is 5.73 Å². The number of ether oxygens (including phenoxy) is 1. The molecule has 0 aliphatic rings. The fourth-order valence-corrected chi connectivity index (χ4v) is 1.23. The number of aromatic nitrogens is 2. The molecule has 1 atom stereocenters. The smallest absolute Gasteiger partial charge is 0.206 e. The minimum absolute atomic E-state index is 0.00190. The van der Waals surface area contributed by atoms with Crippen molar-refractivity contribution in [2.24, 2.45) is 10.9 Å². The molecule has 0 amide bonds. The van der Waals surface area contributed by atoms with Gasteiger partial charge in [-0.3, -0.25) is 0 Å². The number of nitrogens with zero attached hydrogens (tertiary/aromatic N) is 3. The largest absolute Gasteiger partial charge is 0.409 e. The number of methoxy groups -OCH3 is 1. The summed E-state index contributed by atoms with van der Waals surface area (Å²) >= 11 is 0. The van der Waals surface area contributed by atoms with Gasteiger partial charge in [-0.05, 0) is 6.92 Å². The molecule has 1 aromatic rings. The van der Waals surface area contributed by atoms with Gasteiger partial charge in [-0.15, -0.1) is 0 Å². The maximum atomic E-state index is 8.52. The summed E-state index contributed by atoms with van der Waals surface area (Å²) in [7, 11) is 1.62. The summed E-state index contributed by atoms with van der Waals surface area (Å²) in [4.78, 5) is 3.98. The van der Waals surface area contributed by atoms with Crippen molar-refractivity contribution in [3.05, 3.63) is 18.2 Å². The van der Waals surface area contributed by atoms with Crippen molar-refractivity contribution in [3.63, 3.8) is 0 Å². The Kier molecular flexibility index (Phi) is 3.47. The molecule has 1 unspecified atom stereocenters. The SMILES string of the molecule is COCC(C)n1ccnc1C(N)=NO. The van der Waals surface area contributed by atoms with Crippen molar-refractivity contribution >= 4 is 5.84 Å². The van der Waals surface area contributed by atoms with E-state index >= 15 is 0 Å². The monoisotopic (exact) mass is 198 g/mol. The highest BCUT2D eigenvalue weighted by Crippen LogP contribution is 2.08. The Labute approximate surface area is 82.0 Å². The highest BCUT2D eigenvalue weighted by atomic mass is 16.5. The molecule has 1 heterocycles. The van der Waals surface area contributed by atoms with E-state index in [1.165, 1.54) is 0 Å². The van der Waals surface area contributed by atoms with Crippen molar-refractivity contribution in [2.75, 3.05) is 13.7 Å². The first-order chi connectivity index (χ1) is 6.70. The van der Waals surface area contributed by atoms with Crippen molar-refractivity contribution < 1.29 is 9.94 Å². The highest BCUT2D eigenvalue weighted by molar-refractivity contribution is 5.93. The van der Waals surface area contributed by atoms with Gasteiger partial charge in [0, 0.05) is 19.5 Å². The third-order valence-electron chi connectivity index (χ3n) is 1.89. The Morgan fingerprint density at radius 2 is 2.57 bits per heavy atom. The fraction of sp³-hybridized carbons (Fsp3) is 0.500. The minimum atomic E-state index is -0.00190. The Balaban J connectivity index is 2.92. The van der Waals surface area contributed by atoms with Crippen LogP contribution in [-0.2, 0) is 4.74 Å². The summed E-state index contributed by atoms with van der Waals surface area (Å²) in [6, 6.07) is 0.0952. The maximum Gasteiger partial charge on any atom is 0.206 e. The van der Waals surface area contributed by atoms with E-state index in [1.54, 1.807) is 24.1 Å². The number of oxime groups is 1. The van der Waals surface area contributed by atoms with E-state index in [1.807, 2.05) is 6.92 Å². The van der Waals surface area contributed by atoms with Gasteiger partial charge in [-0.2, -0.15) is 0 Å². The van der Waals surface area contributed by atoms with Crippen LogP contribution in [0, 0.1) is 0 Å². The number of hydrogen-bond donors (Lipinski definition) is 2. The zero-order valence-corrected chi connectivity index (χ0v) is 8.21. The van der Waals surface area contributed by atoms with Crippen LogP contribution in [0.25, 0.3) is 0 Å². The van der Waals surface area contributed by atoms with E-state index in [0.717, 1.165) is 0 Å². The lowest BCUT2D eigenvalue weighted by Gasteiger charge is -2.14. The first-order valence-corrected chi connectivity index (χ1v) is 4.20. The topological polar surface area (TPSA) is 85.7 Å². The molecule has 0 saturated heterocycles. The van der Waals surface area contributed by atoms with E-state index in [4.69, 9.17) is 15.7 Å². The summed E-state index contributed by atoms with van der Waals surface area (Å²) in [6.07, 6.45) is 3.36. The Hall–Kier alpha value is -1.56. The van der Waals surface area contributed by atoms with E-state index < -0.39 is 0 Å². The predicted octanol–water partition coefficient (Wildman–Crippen LogP) is 0.185. The molecule has 0 fully saturated rings. The van der Waals surface area contributed by atoms with Crippen molar-refractivity contribution in [1.82, 2.24) is 9.55 Å². The minimum Gasteiger partial charge on any atom is -0.409 e. The number of nitrogens with two attached hydrogens (primary N) is 1. The number of amidine groups is 1. The van der Waals surface area contributed by atoms with E-state index in [2.05, 4.69) is 10.1 Å². The van der Waals surface area contributed by atoms with E-state index in [-0.39, 0.29) is 11.9 Å². The maximum absolute atomic E-state index is 8.52. The van der Waals surface area contributed by atoms with Crippen LogP contribution in [0.2, 0.25) is 0 Å². The standard InChI is InChI=1S/C8H14N4O2/c1-6(5-14-2)12-4-3-10-8(12)7(9)11-13/h3-4,6,13H,5H2,1-2H3,(H2,9,11). The van der Waals surface area contributed by atoms with Gasteiger partial charge in [0.2, 0.25) is 5.84 Å². The molecule has 78 valence electrons. The predicted molar refractivity (Wildman–Crippen MR) is 51.3 cm³/mol. The first kappa shape index (κ1) is 10.5. The number of imidazole rings is 1. The lowest BCUT2D eigenvalue weighted by molar-refractivity contribution is 0.162. The van der Waals surface area contributed by atoms with Crippen LogP contribution in [0.4, 0.5) is 0 Å². The second-order valence-corrected chi connectivity index (χ2v) is 2.95. The van der Waals surface area contributed by atoms with Crippen LogP contribution in [0.5, 0.6) is 0 Å². The van der Waals surface area contributed by atoms with E-state index in [9.17, 15) is 0 Å². The van der Waals surface area contributed by atoms with Crippen LogP contribution in [0.15, 0.2) is 17.5 Å². The second-order valence-electron chi connectivity index (χ2n) is 2.95. The van der Waals surface area contributed by atoms with Gasteiger partial charge in [0.15, 0.2) is 5.82 Å². The molecule has 0 aliphatic carbocycles. The molecule has 0 radical (unpaired) electrons. The normalized spacial score (nSPS) is 14.3. The summed E-state index contributed by atoms with van der Waals surface area (Å²) < 4.78 is 6.79. The molecule has 0 aromatic carbocycles. The molecule has 1 rings (SSSR count). The molecule has 6 heteroatoms. The van der Waals surface area contributed by atoms with Gasteiger partial charge in [0.05, 0.1) is 12.6 Å². The third kappa shape index (κ3) is 2.02. The molecular formula is C8H14N4O2. The highest BCUT2D eigenvalue weighted by Gasteiger charge is 2.12. The van der Waals surface area contributed by atoms with Crippen LogP contribution in [-0.4, -0.2) is 34.3 Å². The summed E-state index contributed by atoms with van der Waals surface area (Å²) in [5, 5.41) is 11.4. The first-order valence-electron chi connectivity index (χ1n) is 4.20. The quantitative estimate of drug-likeness (QED) is 0.313. The van der Waals surface area contributed by atoms with E-state index in [0.29, 0.717) is 12.4 Å². The third-order valence-corrected chi connectivity index (χ3v) is 1.89. The molecule has 0 saturated carbocycles. The van der Waals surface area contributed by atoms with Gasteiger partial charge in [0.25, 0.3) is 0 Å². The lowest BCUT2D eigenvalue weighted by Crippen LogP contribution is -2.22. The number of rotatable bonds is 4. The summed E-state index contributed by atoms with van der Waals surface area (Å²) in [5.41, 5.74) is 5.45. The van der Waals surface area contributed by atoms with Crippen LogP contribution >= 0.6 is 0 Å². The lowest BCUT2D eigenvalue weighted by atomic mass is 10.3. The van der Waals surface area contributed by atoms with Gasteiger partial charge >= 0.3 is 0 Å². The summed E-state index contributed by atoms with van der Waals surface area (Å²) in [5.74, 6) is 0.440. The molecule has 0 bridgehead atoms. The zero-order chi connectivity index (χ0) is 10.6. The molecule has 6 nitrogen and oxygen atoms in total. The molecular weight excluding hydrogens is 184 g/mol. The molecule has 0 aliphatic heterocycles. The van der Waals surface area contributed by atoms with Gasteiger partial charge in [0.1, 0.15) is 0 Å². The average molecular weight is 198 g/mol. The van der Waals surface area contributed by atoms with Crippen LogP contribution in [0.3, 0.4) is 0 Å². The summed E-state index contributed by atoms with van der Waals surface area (Å²) in [6.45, 7) is 2.50. The Morgan fingerprint density at radius 3 is 3.14 bits per heavy atom. The van der Waals surface area contributed by atoms with Gasteiger partial charge < -0.3 is 20.2 Å². The zero-order valence-electron chi connectivity index (χ0n) is 8.21. The molecule has 14 heavy (non-hydrogen) atoms. The second kappa shape index (κ2) is 4.61.